The van der Waals surface area contributed by atoms with E-state index in [9.17, 15) is 5.11 Å². The predicted molar refractivity (Wildman–Crippen MR) is 47.2 cm³/mol. The van der Waals surface area contributed by atoms with Gasteiger partial charge in [0.1, 0.15) is 5.75 Å². The lowest BCUT2D eigenvalue weighted by Crippen LogP contribution is -2.08. The molecule has 0 radical (unpaired) electrons. The summed E-state index contributed by atoms with van der Waals surface area (Å²) in [6, 6.07) is 5.51. The first-order chi connectivity index (χ1) is 5.09. The first-order valence-corrected chi connectivity index (χ1v) is 3.57. The highest BCUT2D eigenvalue weighted by molar-refractivity contribution is 5.51. The van der Waals surface area contributed by atoms with Gasteiger partial charge in [0.15, 0.2) is 0 Å². The van der Waals surface area contributed by atoms with Gasteiger partial charge in [-0.05, 0) is 24.6 Å². The van der Waals surface area contributed by atoms with E-state index in [4.69, 9.17) is 0 Å². The molecule has 1 aromatic rings. The Morgan fingerprint density at radius 2 is 1.82 bits per heavy atom. The second-order valence-corrected chi connectivity index (χ2v) is 2.92. The van der Waals surface area contributed by atoms with Crippen LogP contribution in [0, 0.1) is 6.92 Å². The molecule has 0 amide bonds. The van der Waals surface area contributed by atoms with Crippen molar-refractivity contribution in [3.8, 4) is 5.75 Å². The number of phenols is 1. The lowest BCUT2D eigenvalue weighted by atomic mass is 10.2. The highest BCUT2D eigenvalue weighted by Crippen LogP contribution is 2.20. The van der Waals surface area contributed by atoms with Crippen molar-refractivity contribution in [2.24, 2.45) is 0 Å². The average Bonchev–Trinajstić information content (AvgIpc) is 1.85. The molecule has 1 N–H and O–H groups in total. The molecular formula is C9H13NO. The molecule has 2 nitrogen and oxygen atoms in total. The fourth-order valence-corrected chi connectivity index (χ4v) is 1.00. The summed E-state index contributed by atoms with van der Waals surface area (Å²) in [4.78, 5) is 1.96. The maximum atomic E-state index is 9.22. The molecule has 0 atom stereocenters. The number of hydrogen-bond donors (Lipinski definition) is 1. The van der Waals surface area contributed by atoms with E-state index in [1.165, 1.54) is 0 Å². The number of aromatic hydroxyl groups is 1. The number of anilines is 1. The number of benzene rings is 1. The fourth-order valence-electron chi connectivity index (χ4n) is 1.00. The van der Waals surface area contributed by atoms with E-state index < -0.39 is 0 Å². The summed E-state index contributed by atoms with van der Waals surface area (Å²) in [6.07, 6.45) is 0. The van der Waals surface area contributed by atoms with Gasteiger partial charge in [0.05, 0.1) is 0 Å². The standard InChI is InChI=1S/C9H13NO/c1-7-4-8(10(2)3)6-9(11)5-7/h4-6,11H,1-3H3. The Hall–Kier alpha value is -1.18. The Balaban J connectivity index is 3.08. The summed E-state index contributed by atoms with van der Waals surface area (Å²) in [7, 11) is 3.91. The lowest BCUT2D eigenvalue weighted by molar-refractivity contribution is 0.475. The van der Waals surface area contributed by atoms with Gasteiger partial charge in [0.25, 0.3) is 0 Å². The molecule has 11 heavy (non-hydrogen) atoms. The minimum atomic E-state index is 0.328. The number of phenolic OH excluding ortho intramolecular Hbond substituents is 1. The third-order valence-corrected chi connectivity index (χ3v) is 1.56. The van der Waals surface area contributed by atoms with Gasteiger partial charge in [-0.1, -0.05) is 0 Å². The summed E-state index contributed by atoms with van der Waals surface area (Å²) in [5.41, 5.74) is 2.11. The molecule has 0 aromatic heterocycles. The molecule has 0 aliphatic carbocycles. The molecule has 0 unspecified atom stereocenters. The van der Waals surface area contributed by atoms with Crippen LogP contribution in [0.25, 0.3) is 0 Å². The molecule has 0 saturated carbocycles. The van der Waals surface area contributed by atoms with Crippen LogP contribution < -0.4 is 4.90 Å². The van der Waals surface area contributed by atoms with Crippen molar-refractivity contribution < 1.29 is 5.11 Å². The molecule has 0 aliphatic heterocycles. The van der Waals surface area contributed by atoms with E-state index in [2.05, 4.69) is 0 Å². The first-order valence-electron chi connectivity index (χ1n) is 3.57. The van der Waals surface area contributed by atoms with Crippen LogP contribution in [0.15, 0.2) is 18.2 Å². The van der Waals surface area contributed by atoms with E-state index in [1.54, 1.807) is 12.1 Å². The van der Waals surface area contributed by atoms with Gasteiger partial charge in [-0.3, -0.25) is 0 Å². The number of rotatable bonds is 1. The Labute approximate surface area is 67.1 Å². The summed E-state index contributed by atoms with van der Waals surface area (Å²) < 4.78 is 0. The second-order valence-electron chi connectivity index (χ2n) is 2.92. The zero-order chi connectivity index (χ0) is 8.43. The van der Waals surface area contributed by atoms with Gasteiger partial charge >= 0.3 is 0 Å². The van der Waals surface area contributed by atoms with Crippen LogP contribution in [0.3, 0.4) is 0 Å². The Bertz CT molecular complexity index is 235. The monoisotopic (exact) mass is 151 g/mol. The van der Waals surface area contributed by atoms with E-state index in [1.807, 2.05) is 32.0 Å². The van der Waals surface area contributed by atoms with Crippen molar-refractivity contribution in [2.75, 3.05) is 19.0 Å². The van der Waals surface area contributed by atoms with Crippen LogP contribution in [0.2, 0.25) is 0 Å². The third kappa shape index (κ3) is 1.87. The molecule has 1 rings (SSSR count). The fraction of sp³-hybridized carbons (Fsp3) is 0.333. The van der Waals surface area contributed by atoms with Crippen LogP contribution in [-0.4, -0.2) is 19.2 Å². The van der Waals surface area contributed by atoms with E-state index in [0.717, 1.165) is 11.3 Å². The maximum Gasteiger partial charge on any atom is 0.117 e. The van der Waals surface area contributed by atoms with Crippen LogP contribution in [0.4, 0.5) is 5.69 Å². The van der Waals surface area contributed by atoms with Gasteiger partial charge in [0.2, 0.25) is 0 Å². The Kier molecular flexibility index (Phi) is 2.03. The molecule has 0 bridgehead atoms. The normalized spacial score (nSPS) is 9.73. The van der Waals surface area contributed by atoms with Crippen LogP contribution in [0.5, 0.6) is 5.75 Å². The second kappa shape index (κ2) is 2.82. The zero-order valence-corrected chi connectivity index (χ0v) is 7.13. The topological polar surface area (TPSA) is 23.5 Å². The summed E-state index contributed by atoms with van der Waals surface area (Å²) in [5.74, 6) is 0.328. The number of hydrogen-bond acceptors (Lipinski definition) is 2. The van der Waals surface area contributed by atoms with E-state index in [-0.39, 0.29) is 0 Å². The van der Waals surface area contributed by atoms with Crippen LogP contribution >= 0.6 is 0 Å². The van der Waals surface area contributed by atoms with Crippen LogP contribution in [-0.2, 0) is 0 Å². The van der Waals surface area contributed by atoms with Crippen molar-refractivity contribution in [3.63, 3.8) is 0 Å². The molecule has 2 heteroatoms. The Morgan fingerprint density at radius 3 is 2.27 bits per heavy atom. The van der Waals surface area contributed by atoms with Gasteiger partial charge in [0, 0.05) is 25.8 Å². The molecule has 0 saturated heterocycles. The summed E-state index contributed by atoms with van der Waals surface area (Å²) >= 11 is 0. The average molecular weight is 151 g/mol. The van der Waals surface area contributed by atoms with Crippen LogP contribution in [0.1, 0.15) is 5.56 Å². The minimum Gasteiger partial charge on any atom is -0.508 e. The number of nitrogens with zero attached hydrogens (tertiary/aromatic N) is 1. The largest absolute Gasteiger partial charge is 0.508 e. The molecule has 1 aromatic carbocycles. The summed E-state index contributed by atoms with van der Waals surface area (Å²) in [6.45, 7) is 1.96. The van der Waals surface area contributed by atoms with E-state index >= 15 is 0 Å². The van der Waals surface area contributed by atoms with E-state index in [0.29, 0.717) is 5.75 Å². The smallest absolute Gasteiger partial charge is 0.117 e. The molecule has 0 aliphatic rings. The molecular weight excluding hydrogens is 138 g/mol. The van der Waals surface area contributed by atoms with Crippen molar-refractivity contribution in [1.82, 2.24) is 0 Å². The molecule has 60 valence electrons. The predicted octanol–water partition coefficient (Wildman–Crippen LogP) is 1.77. The Morgan fingerprint density at radius 1 is 1.18 bits per heavy atom. The maximum absolute atomic E-state index is 9.22. The van der Waals surface area contributed by atoms with Gasteiger partial charge < -0.3 is 10.0 Å². The van der Waals surface area contributed by atoms with Gasteiger partial charge in [-0.25, -0.2) is 0 Å². The van der Waals surface area contributed by atoms with Crippen molar-refractivity contribution >= 4 is 5.69 Å². The molecule has 0 heterocycles. The number of aryl methyl sites for hydroxylation is 1. The minimum absolute atomic E-state index is 0.328. The first kappa shape index (κ1) is 7.92. The highest BCUT2D eigenvalue weighted by Gasteiger charge is 1.97. The third-order valence-electron chi connectivity index (χ3n) is 1.56. The molecule has 0 fully saturated rings. The van der Waals surface area contributed by atoms with Gasteiger partial charge in [-0.2, -0.15) is 0 Å². The van der Waals surface area contributed by atoms with Crippen molar-refractivity contribution in [3.05, 3.63) is 23.8 Å². The SMILES string of the molecule is Cc1cc(O)cc(N(C)C)c1. The summed E-state index contributed by atoms with van der Waals surface area (Å²) in [5, 5.41) is 9.22. The lowest BCUT2D eigenvalue weighted by Gasteiger charge is -2.12. The quantitative estimate of drug-likeness (QED) is 0.661. The molecule has 0 spiro atoms. The highest BCUT2D eigenvalue weighted by atomic mass is 16.3. The van der Waals surface area contributed by atoms with Gasteiger partial charge in [-0.15, -0.1) is 0 Å². The van der Waals surface area contributed by atoms with Crippen molar-refractivity contribution in [2.45, 2.75) is 6.92 Å². The zero-order valence-electron chi connectivity index (χ0n) is 7.13. The van der Waals surface area contributed by atoms with Crippen molar-refractivity contribution in [1.29, 1.82) is 0 Å².